The summed E-state index contributed by atoms with van der Waals surface area (Å²) in [5, 5.41) is 19.0. The van der Waals surface area contributed by atoms with Crippen LogP contribution in [0.3, 0.4) is 0 Å². The Hall–Kier alpha value is -7.75. The predicted octanol–water partition coefficient (Wildman–Crippen LogP) is 10.6. The van der Waals surface area contributed by atoms with E-state index in [9.17, 15) is 57.4 Å². The van der Waals surface area contributed by atoms with E-state index in [4.69, 9.17) is 18.9 Å². The quantitative estimate of drug-likeness (QED) is 0.0250. The van der Waals surface area contributed by atoms with Gasteiger partial charge in [0.15, 0.2) is 17.3 Å². The molecule has 7 atom stereocenters. The number of halogens is 1. The third-order valence-electron chi connectivity index (χ3n) is 14.5. The van der Waals surface area contributed by atoms with Gasteiger partial charge in [-0.15, -0.1) is 0 Å². The number of esters is 2. The normalized spacial score (nSPS) is 14.3. The molecule has 0 unspecified atom stereocenters. The lowest BCUT2D eigenvalue weighted by Gasteiger charge is -2.26. The number of rotatable bonds is 34. The van der Waals surface area contributed by atoms with Crippen molar-refractivity contribution in [1.82, 2.24) is 20.5 Å². The van der Waals surface area contributed by atoms with Gasteiger partial charge in [-0.2, -0.15) is 11.8 Å². The van der Waals surface area contributed by atoms with E-state index in [-0.39, 0.29) is 50.7 Å². The number of carbonyl (C=O) groups excluding carboxylic acids is 10. The van der Waals surface area contributed by atoms with E-state index in [1.165, 1.54) is 34.7 Å². The summed E-state index contributed by atoms with van der Waals surface area (Å²) in [6.07, 6.45) is -0.593. The van der Waals surface area contributed by atoms with Crippen LogP contribution in [-0.4, -0.2) is 127 Å². The molecule has 20 nitrogen and oxygen atoms in total. The molecule has 0 saturated heterocycles. The SMILES string of the molecule is CSCC[C@H](CC(=O)[C@H](Cc1cn(C(=O)OC(C)(C)C)c2ccccc12)NC(=O)CCC(=O)[C@H](Cc1ccc(OC(C)(C)C)cc1)NC(=O)[C@H](C)CC(=O)[C@H](C)CCC(=O)OC(C)(C)C)C(=O)N[C@@H](CC(=O)OC(C)(C)C)C(=O)C[C@@H](Cc1ccc(F)cc1)C(=O)O. The Bertz CT molecular complexity index is 3240. The van der Waals surface area contributed by atoms with Crippen LogP contribution in [-0.2, 0) is 81.4 Å². The first kappa shape index (κ1) is 76.7. The number of fused-ring (bicyclic) bond motifs is 1. The highest BCUT2D eigenvalue weighted by Gasteiger charge is 2.36. The van der Waals surface area contributed by atoms with Crippen molar-refractivity contribution in [2.75, 3.05) is 12.0 Å². The molecule has 0 saturated carbocycles. The summed E-state index contributed by atoms with van der Waals surface area (Å²) in [5.74, 6) is -10.8. The number of aromatic nitrogens is 1. The molecular formula is C70H95FN4O16S. The molecule has 4 aromatic rings. The summed E-state index contributed by atoms with van der Waals surface area (Å²) in [6, 6.07) is 14.6. The Morgan fingerprint density at radius 1 is 0.533 bits per heavy atom. The molecule has 1 heterocycles. The van der Waals surface area contributed by atoms with E-state index in [2.05, 4.69) is 16.0 Å². The van der Waals surface area contributed by atoms with E-state index in [1.54, 1.807) is 131 Å². The van der Waals surface area contributed by atoms with Gasteiger partial charge in [0.05, 0.1) is 36.0 Å². The lowest BCUT2D eigenvalue weighted by molar-refractivity contribution is -0.157. The zero-order valence-electron chi connectivity index (χ0n) is 56.0. The van der Waals surface area contributed by atoms with Crippen molar-refractivity contribution in [2.24, 2.45) is 23.7 Å². The van der Waals surface area contributed by atoms with Crippen LogP contribution in [0.25, 0.3) is 10.9 Å². The Kier molecular flexibility index (Phi) is 28.5. The average Bonchev–Trinajstić information content (AvgIpc) is 1.64. The van der Waals surface area contributed by atoms with Crippen LogP contribution in [0.15, 0.2) is 79.0 Å². The number of hydrogen-bond acceptors (Lipinski definition) is 16. The number of ketones is 4. The number of nitrogens with one attached hydrogen (secondary N) is 3. The van der Waals surface area contributed by atoms with E-state index in [1.807, 2.05) is 20.8 Å². The number of carboxylic acid groups (broad SMARTS) is 1. The number of para-hydroxylation sites is 1. The fourth-order valence-electron chi connectivity index (χ4n) is 9.94. The Balaban J connectivity index is 1.68. The molecule has 22 heteroatoms. The number of amides is 3. The second kappa shape index (κ2) is 34.2. The van der Waals surface area contributed by atoms with Gasteiger partial charge < -0.3 is 40.0 Å². The van der Waals surface area contributed by atoms with Gasteiger partial charge in [0.2, 0.25) is 17.7 Å². The molecule has 1 aromatic heterocycles. The second-order valence-corrected chi connectivity index (χ2v) is 28.6. The van der Waals surface area contributed by atoms with Crippen molar-refractivity contribution in [3.63, 3.8) is 0 Å². The molecule has 3 aromatic carbocycles. The molecule has 0 aliphatic carbocycles. The number of Topliss-reactive ketones (excluding diaryl/α,β-unsaturated/α-hetero) is 4. The van der Waals surface area contributed by atoms with E-state index in [0.717, 1.165) is 12.1 Å². The number of hydrogen-bond donors (Lipinski definition) is 4. The zero-order chi connectivity index (χ0) is 69.1. The maximum Gasteiger partial charge on any atom is 0.419 e. The van der Waals surface area contributed by atoms with E-state index >= 15 is 4.79 Å². The first-order valence-electron chi connectivity index (χ1n) is 31.2. The van der Waals surface area contributed by atoms with Crippen molar-refractivity contribution in [3.8, 4) is 5.75 Å². The summed E-state index contributed by atoms with van der Waals surface area (Å²) in [7, 11) is 0. The van der Waals surface area contributed by atoms with Crippen molar-refractivity contribution >= 4 is 87.5 Å². The monoisotopic (exact) mass is 1300 g/mol. The van der Waals surface area contributed by atoms with Gasteiger partial charge in [-0.1, -0.05) is 56.3 Å². The topological polar surface area (TPSA) is 286 Å². The largest absolute Gasteiger partial charge is 0.488 e. The number of nitrogens with zero attached hydrogens (tertiary/aromatic N) is 1. The van der Waals surface area contributed by atoms with Crippen molar-refractivity contribution < 1.29 is 81.2 Å². The van der Waals surface area contributed by atoms with Gasteiger partial charge in [0.1, 0.15) is 39.8 Å². The van der Waals surface area contributed by atoms with Crippen LogP contribution in [0.5, 0.6) is 5.75 Å². The molecular weight excluding hydrogens is 1200 g/mol. The lowest BCUT2D eigenvalue weighted by atomic mass is 9.90. The van der Waals surface area contributed by atoms with E-state index in [0.29, 0.717) is 39.1 Å². The molecule has 0 bridgehead atoms. The first-order chi connectivity index (χ1) is 42.7. The Morgan fingerprint density at radius 3 is 1.66 bits per heavy atom. The Morgan fingerprint density at radius 2 is 1.08 bits per heavy atom. The van der Waals surface area contributed by atoms with Crippen LogP contribution in [0, 0.1) is 29.5 Å². The van der Waals surface area contributed by atoms with Crippen molar-refractivity contribution in [1.29, 1.82) is 0 Å². The smallest absolute Gasteiger partial charge is 0.419 e. The summed E-state index contributed by atoms with van der Waals surface area (Å²) < 4.78 is 37.7. The highest BCUT2D eigenvalue weighted by molar-refractivity contribution is 7.98. The van der Waals surface area contributed by atoms with Crippen LogP contribution in [0.1, 0.15) is 171 Å². The van der Waals surface area contributed by atoms with Crippen LogP contribution < -0.4 is 20.7 Å². The zero-order valence-corrected chi connectivity index (χ0v) is 56.9. The summed E-state index contributed by atoms with van der Waals surface area (Å²) in [6.45, 7) is 24.1. The molecule has 0 spiro atoms. The highest BCUT2D eigenvalue weighted by Crippen LogP contribution is 2.28. The molecule has 4 N–H and O–H groups in total. The van der Waals surface area contributed by atoms with Gasteiger partial charge in [0.25, 0.3) is 0 Å². The number of carboxylic acids is 1. The van der Waals surface area contributed by atoms with Gasteiger partial charge in [0, 0.05) is 74.3 Å². The minimum atomic E-state index is -1.61. The molecule has 0 aliphatic rings. The first-order valence-corrected chi connectivity index (χ1v) is 32.6. The summed E-state index contributed by atoms with van der Waals surface area (Å²) in [5.41, 5.74) is -1.21. The van der Waals surface area contributed by atoms with Crippen molar-refractivity contribution in [3.05, 3.63) is 102 Å². The maximum absolute atomic E-state index is 15.1. The van der Waals surface area contributed by atoms with Gasteiger partial charge in [-0.3, -0.25) is 52.5 Å². The highest BCUT2D eigenvalue weighted by atomic mass is 32.2. The maximum atomic E-state index is 15.1. The fourth-order valence-corrected chi connectivity index (χ4v) is 10.5. The number of ether oxygens (including phenoxy) is 4. The van der Waals surface area contributed by atoms with Crippen LogP contribution >= 0.6 is 11.8 Å². The minimum Gasteiger partial charge on any atom is -0.488 e. The number of benzene rings is 3. The molecule has 3 amide bonds. The number of aliphatic carboxylic acids is 1. The van der Waals surface area contributed by atoms with Crippen LogP contribution in [0.4, 0.5) is 9.18 Å². The van der Waals surface area contributed by atoms with Gasteiger partial charge in [-0.05, 0) is 168 Å². The molecule has 0 aliphatic heterocycles. The number of carbonyl (C=O) groups is 11. The van der Waals surface area contributed by atoms with Gasteiger partial charge >= 0.3 is 24.0 Å². The molecule has 0 radical (unpaired) electrons. The standard InChI is InChI=1S/C70H95FN4O16S/c1-42(20-31-61(81)89-68(6,7)8)57(77)34-43(2)63(83)73-52(36-45-23-27-50(28-24-45)88-67(3,4)5)56(76)29-30-60(80)72-53(37-48-41-75(66(87)91-70(12,13)14)55-19-17-16-18-51(48)55)58(78)38-46(32-33-92-15)64(84)74-54(40-62(82)90-69(9,10)11)59(79)39-47(65(85)86)35-44-21-25-49(71)26-22-44/h16-19,21-28,41-43,46-47,52-54H,20,29-40H2,1-15H3,(H,72,80)(H,73,83)(H,74,84)(H,85,86)/t42-,43-,46-,47-,52+,53+,54+/m1/s1. The molecule has 0 fully saturated rings. The van der Waals surface area contributed by atoms with Crippen molar-refractivity contribution in [2.45, 2.75) is 215 Å². The third-order valence-corrected chi connectivity index (χ3v) is 15.2. The fraction of sp³-hybridized carbons (Fsp3) is 0.557. The predicted molar refractivity (Wildman–Crippen MR) is 348 cm³/mol. The van der Waals surface area contributed by atoms with Crippen LogP contribution in [0.2, 0.25) is 0 Å². The summed E-state index contributed by atoms with van der Waals surface area (Å²) in [4.78, 5) is 152. The molecule has 92 heavy (non-hydrogen) atoms. The van der Waals surface area contributed by atoms with Gasteiger partial charge in [-0.25, -0.2) is 9.18 Å². The third kappa shape index (κ3) is 27.2. The minimum absolute atomic E-state index is 0.00276. The molecule has 4 rings (SSSR count). The second-order valence-electron chi connectivity index (χ2n) is 27.6. The number of thioether (sulfide) groups is 1. The Labute approximate surface area is 544 Å². The summed E-state index contributed by atoms with van der Waals surface area (Å²) >= 11 is 1.36. The van der Waals surface area contributed by atoms with E-state index < -0.39 is 161 Å². The lowest BCUT2D eigenvalue weighted by Crippen LogP contribution is -2.48. The molecule has 504 valence electrons. The average molecular weight is 1300 g/mol.